The second-order valence-electron chi connectivity index (χ2n) is 7.63. The van der Waals surface area contributed by atoms with E-state index in [0.717, 1.165) is 62.5 Å². The van der Waals surface area contributed by atoms with Crippen LogP contribution in [0, 0.1) is 0 Å². The van der Waals surface area contributed by atoms with Crippen LogP contribution in [-0.2, 0) is 11.3 Å². The molecule has 2 aliphatic rings. The average molecular weight is 380 g/mol. The Balaban J connectivity index is 1.38. The number of amides is 1. The maximum atomic E-state index is 12.6. The summed E-state index contributed by atoms with van der Waals surface area (Å²) >= 11 is 0. The standard InChI is InChI=1S/C22H28N4O2/c1-24-12-14-25(15-13-24)21-10-9-19(16-23-21)20-8-5-11-26(20)22(27)28-17-18-6-3-2-4-7-18/h2-4,6-7,9-10,16,20H,5,8,11-15,17H2,1H3/t20-/m0/s1. The largest absolute Gasteiger partial charge is 0.445 e. The summed E-state index contributed by atoms with van der Waals surface area (Å²) in [5.41, 5.74) is 2.09. The van der Waals surface area contributed by atoms with Gasteiger partial charge in [-0.05, 0) is 37.1 Å². The Kier molecular flexibility index (Phi) is 5.76. The first-order valence-electron chi connectivity index (χ1n) is 10.1. The molecule has 1 aromatic heterocycles. The number of hydrogen-bond acceptors (Lipinski definition) is 5. The molecule has 28 heavy (non-hydrogen) atoms. The molecule has 4 rings (SSSR count). The van der Waals surface area contributed by atoms with Gasteiger partial charge in [-0.1, -0.05) is 36.4 Å². The van der Waals surface area contributed by atoms with Gasteiger partial charge in [0, 0.05) is 38.9 Å². The minimum atomic E-state index is -0.241. The lowest BCUT2D eigenvalue weighted by molar-refractivity contribution is 0.0920. The molecule has 148 valence electrons. The molecule has 6 heteroatoms. The van der Waals surface area contributed by atoms with Gasteiger partial charge in [0.25, 0.3) is 0 Å². The van der Waals surface area contributed by atoms with Crippen molar-refractivity contribution in [2.45, 2.75) is 25.5 Å². The number of carbonyl (C=O) groups is 1. The molecule has 0 N–H and O–H groups in total. The number of piperazine rings is 1. The van der Waals surface area contributed by atoms with Crippen LogP contribution in [0.25, 0.3) is 0 Å². The summed E-state index contributed by atoms with van der Waals surface area (Å²) in [4.78, 5) is 23.8. The monoisotopic (exact) mass is 380 g/mol. The molecule has 2 aliphatic heterocycles. The van der Waals surface area contributed by atoms with Gasteiger partial charge in [-0.25, -0.2) is 9.78 Å². The topological polar surface area (TPSA) is 48.9 Å². The Morgan fingerprint density at radius 1 is 1.07 bits per heavy atom. The lowest BCUT2D eigenvalue weighted by Gasteiger charge is -2.33. The average Bonchev–Trinajstić information content (AvgIpc) is 3.23. The van der Waals surface area contributed by atoms with Crippen LogP contribution in [0.3, 0.4) is 0 Å². The van der Waals surface area contributed by atoms with Crippen molar-refractivity contribution in [2.24, 2.45) is 0 Å². The summed E-state index contributed by atoms with van der Waals surface area (Å²) < 4.78 is 5.55. The van der Waals surface area contributed by atoms with E-state index in [1.54, 1.807) is 0 Å². The van der Waals surface area contributed by atoms with E-state index in [4.69, 9.17) is 4.74 Å². The van der Waals surface area contributed by atoms with Crippen molar-refractivity contribution in [2.75, 3.05) is 44.7 Å². The molecule has 1 atom stereocenters. The minimum absolute atomic E-state index is 0.0531. The predicted octanol–water partition coefficient (Wildman–Crippen LogP) is 3.31. The number of likely N-dealkylation sites (N-methyl/N-ethyl adjacent to an activating group) is 1. The van der Waals surface area contributed by atoms with Gasteiger partial charge < -0.3 is 19.4 Å². The Labute approximate surface area is 166 Å². The molecule has 0 bridgehead atoms. The molecule has 2 fully saturated rings. The van der Waals surface area contributed by atoms with E-state index in [2.05, 4.69) is 34.0 Å². The van der Waals surface area contributed by atoms with Crippen LogP contribution in [0.5, 0.6) is 0 Å². The number of likely N-dealkylation sites (tertiary alicyclic amines) is 1. The van der Waals surface area contributed by atoms with E-state index in [9.17, 15) is 4.79 Å². The van der Waals surface area contributed by atoms with Crippen molar-refractivity contribution in [3.05, 3.63) is 59.8 Å². The zero-order valence-corrected chi connectivity index (χ0v) is 16.5. The number of rotatable bonds is 4. The summed E-state index contributed by atoms with van der Waals surface area (Å²) in [6.07, 6.45) is 3.64. The van der Waals surface area contributed by atoms with Crippen LogP contribution in [0.15, 0.2) is 48.7 Å². The maximum absolute atomic E-state index is 12.6. The highest BCUT2D eigenvalue weighted by molar-refractivity contribution is 5.68. The Morgan fingerprint density at radius 3 is 2.57 bits per heavy atom. The van der Waals surface area contributed by atoms with Crippen LogP contribution in [0.4, 0.5) is 10.6 Å². The minimum Gasteiger partial charge on any atom is -0.445 e. The smallest absolute Gasteiger partial charge is 0.410 e. The lowest BCUT2D eigenvalue weighted by Crippen LogP contribution is -2.44. The first kappa shape index (κ1) is 18.7. The number of benzene rings is 1. The summed E-state index contributed by atoms with van der Waals surface area (Å²) in [5.74, 6) is 1.02. The predicted molar refractivity (Wildman–Crippen MR) is 109 cm³/mol. The van der Waals surface area contributed by atoms with Gasteiger partial charge in [0.05, 0.1) is 6.04 Å². The summed E-state index contributed by atoms with van der Waals surface area (Å²) in [6.45, 7) is 5.18. The molecule has 3 heterocycles. The summed E-state index contributed by atoms with van der Waals surface area (Å²) in [7, 11) is 2.15. The van der Waals surface area contributed by atoms with Crippen LogP contribution in [0.1, 0.15) is 30.0 Å². The van der Waals surface area contributed by atoms with E-state index in [-0.39, 0.29) is 12.1 Å². The van der Waals surface area contributed by atoms with E-state index in [0.29, 0.717) is 6.61 Å². The second kappa shape index (κ2) is 8.61. The lowest BCUT2D eigenvalue weighted by atomic mass is 10.1. The molecule has 1 amide bonds. The van der Waals surface area contributed by atoms with Gasteiger partial charge in [0.1, 0.15) is 12.4 Å². The van der Waals surface area contributed by atoms with Crippen LogP contribution in [0.2, 0.25) is 0 Å². The first-order valence-corrected chi connectivity index (χ1v) is 10.1. The molecular formula is C22H28N4O2. The Hall–Kier alpha value is -2.60. The number of pyridine rings is 1. The zero-order chi connectivity index (χ0) is 19.3. The molecular weight excluding hydrogens is 352 g/mol. The van der Waals surface area contributed by atoms with Crippen molar-refractivity contribution in [3.63, 3.8) is 0 Å². The maximum Gasteiger partial charge on any atom is 0.410 e. The van der Waals surface area contributed by atoms with E-state index >= 15 is 0 Å². The first-order chi connectivity index (χ1) is 13.7. The van der Waals surface area contributed by atoms with Crippen LogP contribution >= 0.6 is 0 Å². The fourth-order valence-electron chi connectivity index (χ4n) is 3.95. The van der Waals surface area contributed by atoms with Crippen molar-refractivity contribution in [1.29, 1.82) is 0 Å². The Morgan fingerprint density at radius 2 is 1.86 bits per heavy atom. The van der Waals surface area contributed by atoms with E-state index in [1.165, 1.54) is 0 Å². The van der Waals surface area contributed by atoms with E-state index < -0.39 is 0 Å². The molecule has 0 spiro atoms. The quantitative estimate of drug-likeness (QED) is 0.815. The number of aromatic nitrogens is 1. The number of hydrogen-bond donors (Lipinski definition) is 0. The fourth-order valence-corrected chi connectivity index (χ4v) is 3.95. The van der Waals surface area contributed by atoms with Crippen molar-refractivity contribution in [1.82, 2.24) is 14.8 Å². The van der Waals surface area contributed by atoms with Gasteiger partial charge in [0.15, 0.2) is 0 Å². The molecule has 6 nitrogen and oxygen atoms in total. The normalized spacial score (nSPS) is 20.4. The number of nitrogens with zero attached hydrogens (tertiary/aromatic N) is 4. The molecule has 0 saturated carbocycles. The highest BCUT2D eigenvalue weighted by Gasteiger charge is 2.31. The van der Waals surface area contributed by atoms with Gasteiger partial charge in [-0.2, -0.15) is 0 Å². The van der Waals surface area contributed by atoms with E-state index in [1.807, 2.05) is 41.4 Å². The molecule has 1 aromatic carbocycles. The highest BCUT2D eigenvalue weighted by atomic mass is 16.6. The van der Waals surface area contributed by atoms with Gasteiger partial charge in [0.2, 0.25) is 0 Å². The number of anilines is 1. The second-order valence-corrected chi connectivity index (χ2v) is 7.63. The van der Waals surface area contributed by atoms with Crippen LogP contribution in [-0.4, -0.2) is 60.6 Å². The van der Waals surface area contributed by atoms with Crippen molar-refractivity contribution < 1.29 is 9.53 Å². The third-order valence-corrected chi connectivity index (χ3v) is 5.68. The summed E-state index contributed by atoms with van der Waals surface area (Å²) in [6, 6.07) is 14.1. The van der Waals surface area contributed by atoms with Gasteiger partial charge >= 0.3 is 6.09 Å². The molecule has 0 unspecified atom stereocenters. The third kappa shape index (κ3) is 4.28. The zero-order valence-electron chi connectivity index (χ0n) is 16.5. The van der Waals surface area contributed by atoms with Crippen LogP contribution < -0.4 is 4.90 Å². The highest BCUT2D eigenvalue weighted by Crippen LogP contribution is 2.32. The molecule has 2 aromatic rings. The van der Waals surface area contributed by atoms with Gasteiger partial charge in [-0.3, -0.25) is 0 Å². The fraction of sp³-hybridized carbons (Fsp3) is 0.455. The Bertz CT molecular complexity index is 773. The molecule has 2 saturated heterocycles. The SMILES string of the molecule is CN1CCN(c2ccc([C@@H]3CCCN3C(=O)OCc3ccccc3)cn2)CC1. The third-order valence-electron chi connectivity index (χ3n) is 5.68. The number of carbonyl (C=O) groups excluding carboxylic acids is 1. The van der Waals surface area contributed by atoms with Gasteiger partial charge in [-0.15, -0.1) is 0 Å². The molecule has 0 radical (unpaired) electrons. The number of ether oxygens (including phenoxy) is 1. The van der Waals surface area contributed by atoms with Crippen molar-refractivity contribution >= 4 is 11.9 Å². The van der Waals surface area contributed by atoms with Crippen molar-refractivity contribution in [3.8, 4) is 0 Å². The molecule has 0 aliphatic carbocycles. The summed E-state index contributed by atoms with van der Waals surface area (Å²) in [5, 5.41) is 0.